The minimum atomic E-state index is 0.421. The molecule has 0 saturated carbocycles. The van der Waals surface area contributed by atoms with Crippen molar-refractivity contribution in [3.8, 4) is 0 Å². The average Bonchev–Trinajstić information content (AvgIpc) is 2.29. The molecular formula is C13H20BrNS. The zero-order valence-corrected chi connectivity index (χ0v) is 12.4. The highest BCUT2D eigenvalue weighted by atomic mass is 79.9. The number of hydrogen-bond acceptors (Lipinski definition) is 2. The lowest BCUT2D eigenvalue weighted by atomic mass is 10.1. The monoisotopic (exact) mass is 301 g/mol. The van der Waals surface area contributed by atoms with Gasteiger partial charge in [0.1, 0.15) is 0 Å². The van der Waals surface area contributed by atoms with E-state index in [9.17, 15) is 0 Å². The van der Waals surface area contributed by atoms with Crippen LogP contribution in [0.1, 0.15) is 31.4 Å². The molecule has 1 aromatic rings. The van der Waals surface area contributed by atoms with Gasteiger partial charge in [0, 0.05) is 10.5 Å². The van der Waals surface area contributed by atoms with Gasteiger partial charge in [-0.3, -0.25) is 0 Å². The van der Waals surface area contributed by atoms with Gasteiger partial charge < -0.3 is 5.32 Å². The minimum Gasteiger partial charge on any atom is -0.310 e. The van der Waals surface area contributed by atoms with Crippen molar-refractivity contribution in [2.75, 3.05) is 18.6 Å². The molecule has 0 aliphatic heterocycles. The average molecular weight is 302 g/mol. The molecule has 1 atom stereocenters. The van der Waals surface area contributed by atoms with Gasteiger partial charge in [0.05, 0.1) is 0 Å². The van der Waals surface area contributed by atoms with Crippen LogP contribution in [0.3, 0.4) is 0 Å². The van der Waals surface area contributed by atoms with Crippen LogP contribution in [0.4, 0.5) is 0 Å². The molecular weight excluding hydrogens is 282 g/mol. The Morgan fingerprint density at radius 2 is 2.06 bits per heavy atom. The number of hydrogen-bond donors (Lipinski definition) is 1. The number of halogens is 1. The van der Waals surface area contributed by atoms with Crippen molar-refractivity contribution in [3.63, 3.8) is 0 Å². The highest BCUT2D eigenvalue weighted by Crippen LogP contribution is 2.22. The van der Waals surface area contributed by atoms with E-state index in [0.717, 1.165) is 6.54 Å². The highest BCUT2D eigenvalue weighted by Gasteiger charge is 2.06. The van der Waals surface area contributed by atoms with Gasteiger partial charge in [0.15, 0.2) is 0 Å². The second-order valence-electron chi connectivity index (χ2n) is 3.90. The Kier molecular flexibility index (Phi) is 7.17. The van der Waals surface area contributed by atoms with Crippen molar-refractivity contribution in [2.45, 2.75) is 25.8 Å². The number of unbranched alkanes of at least 4 members (excludes halogenated alkanes) is 1. The molecule has 3 heteroatoms. The van der Waals surface area contributed by atoms with Crippen LogP contribution in [0.2, 0.25) is 0 Å². The summed E-state index contributed by atoms with van der Waals surface area (Å²) < 4.78 is 1.19. The summed E-state index contributed by atoms with van der Waals surface area (Å²) in [5, 5.41) is 3.56. The minimum absolute atomic E-state index is 0.421. The van der Waals surface area contributed by atoms with E-state index in [2.05, 4.69) is 58.7 Å². The first kappa shape index (κ1) is 14.1. The molecule has 0 spiro atoms. The summed E-state index contributed by atoms with van der Waals surface area (Å²) in [5.74, 6) is 1.27. The van der Waals surface area contributed by atoms with Crippen LogP contribution in [0.5, 0.6) is 0 Å². The lowest BCUT2D eigenvalue weighted by Gasteiger charge is -2.15. The number of thioether (sulfide) groups is 1. The molecule has 1 nitrogen and oxygen atoms in total. The normalized spacial score (nSPS) is 12.7. The number of rotatable bonds is 7. The Bertz CT molecular complexity index is 304. The quantitative estimate of drug-likeness (QED) is 0.756. The van der Waals surface area contributed by atoms with Gasteiger partial charge in [0.2, 0.25) is 0 Å². The molecule has 16 heavy (non-hydrogen) atoms. The molecule has 0 aromatic heterocycles. The van der Waals surface area contributed by atoms with Crippen LogP contribution in [-0.4, -0.2) is 18.6 Å². The predicted octanol–water partition coefficient (Wildman–Crippen LogP) is 4.24. The van der Waals surface area contributed by atoms with Gasteiger partial charge in [0.25, 0.3) is 0 Å². The van der Waals surface area contributed by atoms with Crippen LogP contribution in [0.15, 0.2) is 28.7 Å². The lowest BCUT2D eigenvalue weighted by Crippen LogP contribution is -2.20. The summed E-state index contributed by atoms with van der Waals surface area (Å²) in [4.78, 5) is 0. The topological polar surface area (TPSA) is 12.0 Å². The molecule has 0 saturated heterocycles. The lowest BCUT2D eigenvalue weighted by molar-refractivity contribution is 0.554. The maximum absolute atomic E-state index is 3.59. The molecule has 0 aliphatic rings. The van der Waals surface area contributed by atoms with Gasteiger partial charge in [-0.2, -0.15) is 11.8 Å². The number of nitrogens with one attached hydrogen (secondary N) is 1. The number of benzene rings is 1. The third-order valence-corrected chi connectivity index (χ3v) is 4.02. The first-order chi connectivity index (χ1) is 7.75. The van der Waals surface area contributed by atoms with Crippen molar-refractivity contribution in [1.82, 2.24) is 5.32 Å². The Morgan fingerprint density at radius 3 is 2.75 bits per heavy atom. The van der Waals surface area contributed by atoms with Gasteiger partial charge in [-0.25, -0.2) is 0 Å². The molecule has 0 amide bonds. The van der Waals surface area contributed by atoms with E-state index in [0.29, 0.717) is 6.04 Å². The zero-order chi connectivity index (χ0) is 11.8. The molecule has 1 aromatic carbocycles. The Balaban J connectivity index is 2.30. The third kappa shape index (κ3) is 4.89. The molecule has 0 unspecified atom stereocenters. The van der Waals surface area contributed by atoms with Crippen LogP contribution >= 0.6 is 27.7 Å². The molecule has 0 heterocycles. The van der Waals surface area contributed by atoms with Crippen molar-refractivity contribution in [3.05, 3.63) is 34.3 Å². The van der Waals surface area contributed by atoms with E-state index in [-0.39, 0.29) is 0 Å². The summed E-state index contributed by atoms with van der Waals surface area (Å²) in [6, 6.07) is 8.83. The SMILES string of the molecule is CSCCCCN[C@@H](C)c1ccccc1Br. The Morgan fingerprint density at radius 1 is 1.31 bits per heavy atom. The zero-order valence-electron chi connectivity index (χ0n) is 10.0. The first-order valence-electron chi connectivity index (χ1n) is 5.72. The van der Waals surface area contributed by atoms with E-state index >= 15 is 0 Å². The van der Waals surface area contributed by atoms with E-state index in [1.807, 2.05) is 11.8 Å². The molecule has 0 aliphatic carbocycles. The maximum Gasteiger partial charge on any atom is 0.0302 e. The largest absolute Gasteiger partial charge is 0.310 e. The molecule has 0 radical (unpaired) electrons. The fraction of sp³-hybridized carbons (Fsp3) is 0.538. The van der Waals surface area contributed by atoms with Crippen molar-refractivity contribution in [1.29, 1.82) is 0 Å². The third-order valence-electron chi connectivity index (χ3n) is 2.60. The summed E-state index contributed by atoms with van der Waals surface area (Å²) in [6.07, 6.45) is 4.73. The van der Waals surface area contributed by atoms with Crippen molar-refractivity contribution < 1.29 is 0 Å². The smallest absolute Gasteiger partial charge is 0.0302 e. The second-order valence-corrected chi connectivity index (χ2v) is 5.74. The van der Waals surface area contributed by atoms with Crippen molar-refractivity contribution in [2.24, 2.45) is 0 Å². The van der Waals surface area contributed by atoms with Gasteiger partial charge in [-0.05, 0) is 49.9 Å². The second kappa shape index (κ2) is 8.15. The van der Waals surface area contributed by atoms with Gasteiger partial charge in [-0.15, -0.1) is 0 Å². The summed E-state index contributed by atoms with van der Waals surface area (Å²) in [7, 11) is 0. The van der Waals surface area contributed by atoms with Gasteiger partial charge in [-0.1, -0.05) is 34.1 Å². The van der Waals surface area contributed by atoms with Crippen LogP contribution in [0, 0.1) is 0 Å². The Labute approximate surface area is 112 Å². The standard InChI is InChI=1S/C13H20BrNS/c1-11(15-9-5-6-10-16-2)12-7-3-4-8-13(12)14/h3-4,7-8,11,15H,5-6,9-10H2,1-2H3/t11-/m0/s1. The fourth-order valence-corrected chi connectivity index (χ4v) is 2.75. The fourth-order valence-electron chi connectivity index (χ4n) is 1.63. The molecule has 0 bridgehead atoms. The molecule has 0 fully saturated rings. The molecule has 1 N–H and O–H groups in total. The Hall–Kier alpha value is 0.01000. The van der Waals surface area contributed by atoms with Gasteiger partial charge >= 0.3 is 0 Å². The van der Waals surface area contributed by atoms with E-state index < -0.39 is 0 Å². The van der Waals surface area contributed by atoms with E-state index in [4.69, 9.17) is 0 Å². The first-order valence-corrected chi connectivity index (χ1v) is 7.91. The summed E-state index contributed by atoms with van der Waals surface area (Å²) >= 11 is 5.51. The molecule has 90 valence electrons. The molecule has 1 rings (SSSR count). The summed E-state index contributed by atoms with van der Waals surface area (Å²) in [5.41, 5.74) is 1.34. The van der Waals surface area contributed by atoms with Crippen LogP contribution < -0.4 is 5.32 Å². The van der Waals surface area contributed by atoms with Crippen molar-refractivity contribution >= 4 is 27.7 Å². The highest BCUT2D eigenvalue weighted by molar-refractivity contribution is 9.10. The van der Waals surface area contributed by atoms with E-state index in [1.54, 1.807) is 0 Å². The predicted molar refractivity (Wildman–Crippen MR) is 78.2 cm³/mol. The van der Waals surface area contributed by atoms with Crippen LogP contribution in [0.25, 0.3) is 0 Å². The maximum atomic E-state index is 3.59. The van der Waals surface area contributed by atoms with Crippen LogP contribution in [-0.2, 0) is 0 Å². The van der Waals surface area contributed by atoms with E-state index in [1.165, 1.54) is 28.6 Å². The summed E-state index contributed by atoms with van der Waals surface area (Å²) in [6.45, 7) is 3.32.